The quantitative estimate of drug-likeness (QED) is 0.628. The molecule has 2 aromatic carbocycles. The van der Waals surface area contributed by atoms with Crippen molar-refractivity contribution in [2.24, 2.45) is 0 Å². The van der Waals surface area contributed by atoms with Crippen molar-refractivity contribution in [2.45, 2.75) is 18.8 Å². The summed E-state index contributed by atoms with van der Waals surface area (Å²) in [7, 11) is 0. The molecule has 0 amide bonds. The van der Waals surface area contributed by atoms with Crippen LogP contribution in [0.15, 0.2) is 61.2 Å². The van der Waals surface area contributed by atoms with E-state index < -0.39 is 0 Å². The molecule has 0 unspecified atom stereocenters. The third kappa shape index (κ3) is 2.27. The Morgan fingerprint density at radius 3 is 2.45 bits per heavy atom. The average molecular weight is 287 g/mol. The first kappa shape index (κ1) is 13.1. The van der Waals surface area contributed by atoms with Gasteiger partial charge in [0.2, 0.25) is 0 Å². The third-order valence-corrected chi connectivity index (χ3v) is 4.04. The fraction of sp³-hybridized carbons (Fsp3) is 0.150. The van der Waals surface area contributed by atoms with Crippen LogP contribution >= 0.6 is 0 Å². The van der Waals surface area contributed by atoms with E-state index in [0.717, 1.165) is 33.7 Å². The van der Waals surface area contributed by atoms with Gasteiger partial charge in [-0.1, -0.05) is 43.0 Å². The first-order chi connectivity index (χ1) is 10.9. The van der Waals surface area contributed by atoms with Crippen LogP contribution in [0.2, 0.25) is 0 Å². The summed E-state index contributed by atoms with van der Waals surface area (Å²) in [5.74, 6) is 2.26. The van der Waals surface area contributed by atoms with E-state index >= 15 is 0 Å². The lowest BCUT2D eigenvalue weighted by Gasteiger charge is -2.15. The smallest absolute Gasteiger partial charge is 0.145 e. The number of ether oxygens (including phenoxy) is 1. The van der Waals surface area contributed by atoms with Crippen LogP contribution in [0.3, 0.4) is 0 Å². The zero-order chi connectivity index (χ0) is 14.9. The Bertz CT molecular complexity index is 835. The molecule has 0 aliphatic heterocycles. The number of rotatable bonds is 4. The van der Waals surface area contributed by atoms with Crippen LogP contribution in [0.1, 0.15) is 30.0 Å². The molecule has 22 heavy (non-hydrogen) atoms. The number of hydrogen-bond acceptors (Lipinski definition) is 2. The van der Waals surface area contributed by atoms with E-state index in [-0.39, 0.29) is 0 Å². The SMILES string of the molecule is C=Cc1c(C2CC2)nc2ccccc2c1Oc1ccccc1. The van der Waals surface area contributed by atoms with Gasteiger partial charge < -0.3 is 4.74 Å². The van der Waals surface area contributed by atoms with Gasteiger partial charge in [-0.3, -0.25) is 4.98 Å². The summed E-state index contributed by atoms with van der Waals surface area (Å²) in [6.07, 6.45) is 4.29. The fourth-order valence-corrected chi connectivity index (χ4v) is 2.80. The van der Waals surface area contributed by atoms with Gasteiger partial charge in [-0.2, -0.15) is 0 Å². The van der Waals surface area contributed by atoms with Crippen LogP contribution in [0.5, 0.6) is 11.5 Å². The van der Waals surface area contributed by atoms with Crippen LogP contribution < -0.4 is 4.74 Å². The maximum Gasteiger partial charge on any atom is 0.145 e. The van der Waals surface area contributed by atoms with Gasteiger partial charge in [-0.05, 0) is 37.1 Å². The van der Waals surface area contributed by atoms with Crippen molar-refractivity contribution >= 4 is 17.0 Å². The summed E-state index contributed by atoms with van der Waals surface area (Å²) in [6, 6.07) is 18.0. The number of para-hydroxylation sites is 2. The average Bonchev–Trinajstić information content (AvgIpc) is 3.40. The molecule has 3 aromatic rings. The lowest BCUT2D eigenvalue weighted by atomic mass is 10.0. The Kier molecular flexibility index (Phi) is 3.15. The number of aromatic nitrogens is 1. The zero-order valence-electron chi connectivity index (χ0n) is 12.3. The second-order valence-corrected chi connectivity index (χ2v) is 5.65. The van der Waals surface area contributed by atoms with E-state index in [4.69, 9.17) is 9.72 Å². The Morgan fingerprint density at radius 1 is 1.00 bits per heavy atom. The molecule has 4 rings (SSSR count). The van der Waals surface area contributed by atoms with Crippen molar-refractivity contribution in [2.75, 3.05) is 0 Å². The fourth-order valence-electron chi connectivity index (χ4n) is 2.80. The van der Waals surface area contributed by atoms with Gasteiger partial charge in [-0.25, -0.2) is 0 Å². The van der Waals surface area contributed by atoms with E-state index in [1.807, 2.05) is 54.6 Å². The molecule has 1 aliphatic carbocycles. The molecule has 1 heterocycles. The Labute approximate surface area is 130 Å². The molecule has 2 heteroatoms. The molecule has 1 fully saturated rings. The summed E-state index contributed by atoms with van der Waals surface area (Å²) >= 11 is 0. The summed E-state index contributed by atoms with van der Waals surface area (Å²) in [5.41, 5.74) is 3.14. The van der Waals surface area contributed by atoms with Crippen molar-refractivity contribution in [1.82, 2.24) is 4.98 Å². The van der Waals surface area contributed by atoms with Crippen molar-refractivity contribution in [3.8, 4) is 11.5 Å². The van der Waals surface area contributed by atoms with E-state index in [2.05, 4.69) is 12.6 Å². The molecule has 0 radical (unpaired) electrons. The molecule has 0 N–H and O–H groups in total. The molecule has 108 valence electrons. The lowest BCUT2D eigenvalue weighted by molar-refractivity contribution is 0.486. The van der Waals surface area contributed by atoms with Gasteiger partial charge in [0, 0.05) is 16.9 Å². The molecule has 0 saturated heterocycles. The van der Waals surface area contributed by atoms with Crippen molar-refractivity contribution < 1.29 is 4.74 Å². The molecule has 1 aliphatic rings. The third-order valence-electron chi connectivity index (χ3n) is 4.04. The number of pyridine rings is 1. The minimum atomic E-state index is 0.552. The number of hydrogen-bond donors (Lipinski definition) is 0. The Balaban J connectivity index is 1.95. The maximum atomic E-state index is 6.22. The zero-order valence-corrected chi connectivity index (χ0v) is 12.3. The van der Waals surface area contributed by atoms with E-state index in [1.54, 1.807) is 0 Å². The minimum absolute atomic E-state index is 0.552. The van der Waals surface area contributed by atoms with Gasteiger partial charge in [0.05, 0.1) is 11.2 Å². The summed E-state index contributed by atoms with van der Waals surface area (Å²) < 4.78 is 6.22. The predicted octanol–water partition coefficient (Wildman–Crippen LogP) is 5.55. The molecule has 2 nitrogen and oxygen atoms in total. The van der Waals surface area contributed by atoms with Crippen molar-refractivity contribution in [3.05, 3.63) is 72.4 Å². The largest absolute Gasteiger partial charge is 0.456 e. The topological polar surface area (TPSA) is 22.1 Å². The van der Waals surface area contributed by atoms with Gasteiger partial charge in [-0.15, -0.1) is 0 Å². The predicted molar refractivity (Wildman–Crippen MR) is 90.3 cm³/mol. The highest BCUT2D eigenvalue weighted by Gasteiger charge is 2.29. The lowest BCUT2D eigenvalue weighted by Crippen LogP contribution is -1.98. The Hall–Kier alpha value is -2.61. The van der Waals surface area contributed by atoms with Crippen LogP contribution in [0.25, 0.3) is 17.0 Å². The summed E-state index contributed by atoms with van der Waals surface area (Å²) in [6.45, 7) is 3.99. The highest BCUT2D eigenvalue weighted by molar-refractivity contribution is 5.90. The Morgan fingerprint density at radius 2 is 1.73 bits per heavy atom. The molecular weight excluding hydrogens is 270 g/mol. The number of fused-ring (bicyclic) bond motifs is 1. The number of nitrogens with zero attached hydrogens (tertiary/aromatic N) is 1. The first-order valence-electron chi connectivity index (χ1n) is 7.65. The molecule has 0 bridgehead atoms. The molecular formula is C20H17NO. The highest BCUT2D eigenvalue weighted by Crippen LogP contribution is 2.45. The first-order valence-corrected chi connectivity index (χ1v) is 7.65. The molecule has 1 saturated carbocycles. The summed E-state index contributed by atoms with van der Waals surface area (Å²) in [4.78, 5) is 4.86. The van der Waals surface area contributed by atoms with Gasteiger partial charge in [0.15, 0.2) is 0 Å². The molecule has 1 aromatic heterocycles. The molecule has 0 spiro atoms. The summed E-state index contributed by atoms with van der Waals surface area (Å²) in [5, 5.41) is 1.03. The standard InChI is InChI=1S/C20H17NO/c1-2-16-19(14-12-13-14)21-18-11-7-6-10-17(18)20(16)22-15-8-4-3-5-9-15/h2-11,14H,1,12-13H2. The van der Waals surface area contributed by atoms with Gasteiger partial charge in [0.25, 0.3) is 0 Å². The van der Waals surface area contributed by atoms with Gasteiger partial charge in [0.1, 0.15) is 11.5 Å². The van der Waals surface area contributed by atoms with Gasteiger partial charge >= 0.3 is 0 Å². The van der Waals surface area contributed by atoms with Crippen LogP contribution in [-0.4, -0.2) is 4.98 Å². The van der Waals surface area contributed by atoms with E-state index in [1.165, 1.54) is 12.8 Å². The highest BCUT2D eigenvalue weighted by atomic mass is 16.5. The van der Waals surface area contributed by atoms with Crippen LogP contribution in [0, 0.1) is 0 Å². The molecule has 0 atom stereocenters. The van der Waals surface area contributed by atoms with Crippen molar-refractivity contribution in [1.29, 1.82) is 0 Å². The van der Waals surface area contributed by atoms with Crippen molar-refractivity contribution in [3.63, 3.8) is 0 Å². The van der Waals surface area contributed by atoms with E-state index in [9.17, 15) is 0 Å². The van der Waals surface area contributed by atoms with Crippen LogP contribution in [-0.2, 0) is 0 Å². The van der Waals surface area contributed by atoms with E-state index in [0.29, 0.717) is 5.92 Å². The number of benzene rings is 2. The minimum Gasteiger partial charge on any atom is -0.456 e. The second-order valence-electron chi connectivity index (χ2n) is 5.65. The normalized spacial score (nSPS) is 14.0. The van der Waals surface area contributed by atoms with Crippen LogP contribution in [0.4, 0.5) is 0 Å². The second kappa shape index (κ2) is 5.30. The monoisotopic (exact) mass is 287 g/mol. The maximum absolute atomic E-state index is 6.22.